The fourth-order valence-corrected chi connectivity index (χ4v) is 3.13. The van der Waals surface area contributed by atoms with Crippen molar-refractivity contribution in [3.63, 3.8) is 0 Å². The second-order valence-corrected chi connectivity index (χ2v) is 5.89. The number of Topliss-reactive ketones (excluding diaryl/α,β-unsaturated/α-hetero) is 1. The average molecular weight is 297 g/mol. The van der Waals surface area contributed by atoms with Crippen LogP contribution in [0.2, 0.25) is 0 Å². The van der Waals surface area contributed by atoms with Crippen molar-refractivity contribution in [3.05, 3.63) is 42.0 Å². The lowest BCUT2D eigenvalue weighted by Crippen LogP contribution is -2.31. The average Bonchev–Trinajstić information content (AvgIpc) is 2.60. The Morgan fingerprint density at radius 2 is 1.86 bits per heavy atom. The number of nitrogens with one attached hydrogen (secondary N) is 1. The molecule has 3 heteroatoms. The molecule has 1 aliphatic rings. The molecule has 0 radical (unpaired) electrons. The molecular formula is C19H23NO2. The molecule has 3 nitrogen and oxygen atoms in total. The molecule has 0 saturated carbocycles. The van der Waals surface area contributed by atoms with Crippen molar-refractivity contribution >= 4 is 16.6 Å². The topological polar surface area (TPSA) is 38.3 Å². The summed E-state index contributed by atoms with van der Waals surface area (Å²) in [7, 11) is 0. The Bertz CT molecular complexity index is 660. The molecule has 2 aromatic rings. The number of carbonyl (C=O) groups excluding carboxylic acids is 1. The fraction of sp³-hybridized carbons (Fsp3) is 0.421. The number of hydrogen-bond acceptors (Lipinski definition) is 3. The highest BCUT2D eigenvalue weighted by Gasteiger charge is 2.24. The van der Waals surface area contributed by atoms with Crippen molar-refractivity contribution in [1.29, 1.82) is 0 Å². The number of ketones is 1. The molecule has 0 aliphatic carbocycles. The lowest BCUT2D eigenvalue weighted by molar-refractivity contribution is 0.0897. The summed E-state index contributed by atoms with van der Waals surface area (Å²) < 4.78 is 5.83. The van der Waals surface area contributed by atoms with Crippen molar-refractivity contribution in [1.82, 2.24) is 5.32 Å². The Morgan fingerprint density at radius 3 is 2.59 bits per heavy atom. The van der Waals surface area contributed by atoms with Gasteiger partial charge in [-0.25, -0.2) is 0 Å². The van der Waals surface area contributed by atoms with E-state index >= 15 is 0 Å². The van der Waals surface area contributed by atoms with E-state index in [4.69, 9.17) is 4.74 Å². The molecule has 1 N–H and O–H groups in total. The van der Waals surface area contributed by atoms with E-state index < -0.39 is 0 Å². The number of fused-ring (bicyclic) bond motifs is 1. The van der Waals surface area contributed by atoms with Gasteiger partial charge in [0.25, 0.3) is 0 Å². The van der Waals surface area contributed by atoms with Crippen molar-refractivity contribution in [2.45, 2.75) is 26.2 Å². The molecule has 0 atom stereocenters. The van der Waals surface area contributed by atoms with Crippen LogP contribution in [-0.2, 0) is 0 Å². The zero-order valence-electron chi connectivity index (χ0n) is 13.1. The monoisotopic (exact) mass is 297 g/mol. The molecule has 0 bridgehead atoms. The minimum absolute atomic E-state index is 0.145. The SMILES string of the molecule is CCCOc1ccc(C(=O)C2CCNCC2)c2ccccc12. The molecule has 22 heavy (non-hydrogen) atoms. The first-order valence-corrected chi connectivity index (χ1v) is 8.20. The Hall–Kier alpha value is -1.87. The molecule has 0 spiro atoms. The molecular weight excluding hydrogens is 274 g/mol. The summed E-state index contributed by atoms with van der Waals surface area (Å²) in [5.74, 6) is 1.30. The van der Waals surface area contributed by atoms with Crippen molar-refractivity contribution in [3.8, 4) is 5.75 Å². The maximum absolute atomic E-state index is 12.9. The van der Waals surface area contributed by atoms with Crippen LogP contribution in [0.3, 0.4) is 0 Å². The van der Waals surface area contributed by atoms with Crippen LogP contribution in [0.15, 0.2) is 36.4 Å². The van der Waals surface area contributed by atoms with Crippen LogP contribution in [0, 0.1) is 5.92 Å². The maximum atomic E-state index is 12.9. The first-order chi connectivity index (χ1) is 10.8. The van der Waals surface area contributed by atoms with Gasteiger partial charge in [-0.1, -0.05) is 31.2 Å². The minimum atomic E-state index is 0.145. The van der Waals surface area contributed by atoms with Gasteiger partial charge in [-0.15, -0.1) is 0 Å². The molecule has 116 valence electrons. The molecule has 1 heterocycles. The number of piperidine rings is 1. The molecule has 1 fully saturated rings. The van der Waals surface area contributed by atoms with E-state index in [9.17, 15) is 4.79 Å². The minimum Gasteiger partial charge on any atom is -0.493 e. The predicted molar refractivity (Wildman–Crippen MR) is 89.7 cm³/mol. The van der Waals surface area contributed by atoms with E-state index in [1.54, 1.807) is 0 Å². The quantitative estimate of drug-likeness (QED) is 0.853. The van der Waals surface area contributed by atoms with E-state index in [0.29, 0.717) is 6.61 Å². The van der Waals surface area contributed by atoms with E-state index in [-0.39, 0.29) is 11.7 Å². The largest absolute Gasteiger partial charge is 0.493 e. The number of carbonyl (C=O) groups is 1. The second-order valence-electron chi connectivity index (χ2n) is 5.89. The summed E-state index contributed by atoms with van der Waals surface area (Å²) in [5.41, 5.74) is 0.839. The summed E-state index contributed by atoms with van der Waals surface area (Å²) in [5, 5.41) is 5.37. The van der Waals surface area contributed by atoms with Gasteiger partial charge in [0.2, 0.25) is 0 Å². The summed E-state index contributed by atoms with van der Waals surface area (Å²) in [4.78, 5) is 12.9. The third kappa shape index (κ3) is 3.00. The molecule has 3 rings (SSSR count). The Kier molecular flexibility index (Phi) is 4.74. The lowest BCUT2D eigenvalue weighted by atomic mass is 9.87. The van der Waals surface area contributed by atoms with Gasteiger partial charge in [-0.3, -0.25) is 4.79 Å². The Morgan fingerprint density at radius 1 is 1.14 bits per heavy atom. The summed E-state index contributed by atoms with van der Waals surface area (Å²) >= 11 is 0. The highest BCUT2D eigenvalue weighted by molar-refractivity contribution is 6.10. The van der Waals surface area contributed by atoms with Gasteiger partial charge in [-0.2, -0.15) is 0 Å². The lowest BCUT2D eigenvalue weighted by Gasteiger charge is -2.22. The van der Waals surface area contributed by atoms with Crippen LogP contribution in [0.1, 0.15) is 36.5 Å². The van der Waals surface area contributed by atoms with Gasteiger partial charge in [0.05, 0.1) is 6.61 Å². The second kappa shape index (κ2) is 6.93. The number of benzene rings is 2. The van der Waals surface area contributed by atoms with E-state index in [2.05, 4.69) is 12.2 Å². The van der Waals surface area contributed by atoms with Gasteiger partial charge < -0.3 is 10.1 Å². The molecule has 1 aliphatic heterocycles. The van der Waals surface area contributed by atoms with Crippen LogP contribution in [0.5, 0.6) is 5.75 Å². The van der Waals surface area contributed by atoms with Crippen LogP contribution in [-0.4, -0.2) is 25.5 Å². The predicted octanol–water partition coefficient (Wildman–Crippen LogP) is 3.81. The van der Waals surface area contributed by atoms with Gasteiger partial charge >= 0.3 is 0 Å². The third-order valence-electron chi connectivity index (χ3n) is 4.32. The number of hydrogen-bond donors (Lipinski definition) is 1. The van der Waals surface area contributed by atoms with Gasteiger partial charge in [0, 0.05) is 16.9 Å². The summed E-state index contributed by atoms with van der Waals surface area (Å²) in [6.45, 7) is 4.67. The standard InChI is InChI=1S/C19H23NO2/c1-2-13-22-18-8-7-17(15-5-3-4-6-16(15)18)19(21)14-9-11-20-12-10-14/h3-8,14,20H,2,9-13H2,1H3. The van der Waals surface area contributed by atoms with Gasteiger partial charge in [-0.05, 0) is 49.9 Å². The molecule has 0 amide bonds. The van der Waals surface area contributed by atoms with Crippen molar-refractivity contribution < 1.29 is 9.53 Å². The van der Waals surface area contributed by atoms with Crippen LogP contribution in [0.25, 0.3) is 10.8 Å². The summed E-state index contributed by atoms with van der Waals surface area (Å²) in [6.07, 6.45) is 2.84. The maximum Gasteiger partial charge on any atom is 0.166 e. The fourth-order valence-electron chi connectivity index (χ4n) is 3.13. The highest BCUT2D eigenvalue weighted by atomic mass is 16.5. The van der Waals surface area contributed by atoms with Gasteiger partial charge in [0.1, 0.15) is 5.75 Å². The van der Waals surface area contributed by atoms with Crippen LogP contribution in [0.4, 0.5) is 0 Å². The molecule has 1 saturated heterocycles. The van der Waals surface area contributed by atoms with Crippen molar-refractivity contribution in [2.24, 2.45) is 5.92 Å². The van der Waals surface area contributed by atoms with Gasteiger partial charge in [0.15, 0.2) is 5.78 Å². The number of rotatable bonds is 5. The summed E-state index contributed by atoms with van der Waals surface area (Å²) in [6, 6.07) is 12.0. The zero-order valence-corrected chi connectivity index (χ0v) is 13.1. The Balaban J connectivity index is 1.98. The zero-order chi connectivity index (χ0) is 15.4. The molecule has 0 aromatic heterocycles. The molecule has 2 aromatic carbocycles. The van der Waals surface area contributed by atoms with Crippen molar-refractivity contribution in [2.75, 3.05) is 19.7 Å². The normalized spacial score (nSPS) is 15.9. The van der Waals surface area contributed by atoms with E-state index in [1.807, 2.05) is 36.4 Å². The Labute approximate surface area is 131 Å². The third-order valence-corrected chi connectivity index (χ3v) is 4.32. The highest BCUT2D eigenvalue weighted by Crippen LogP contribution is 2.31. The first kappa shape index (κ1) is 15.0. The smallest absolute Gasteiger partial charge is 0.166 e. The van der Waals surface area contributed by atoms with Crippen LogP contribution < -0.4 is 10.1 Å². The number of ether oxygens (including phenoxy) is 1. The van der Waals surface area contributed by atoms with Crippen LogP contribution >= 0.6 is 0 Å². The molecule has 0 unspecified atom stereocenters. The van der Waals surface area contributed by atoms with E-state index in [0.717, 1.165) is 54.4 Å². The first-order valence-electron chi connectivity index (χ1n) is 8.20. The van der Waals surface area contributed by atoms with E-state index in [1.165, 1.54) is 0 Å².